The zero-order valence-electron chi connectivity index (χ0n) is 16.6. The van der Waals surface area contributed by atoms with Crippen LogP contribution in [0, 0.1) is 0 Å². The molecule has 1 aliphatic heterocycles. The van der Waals surface area contributed by atoms with Crippen molar-refractivity contribution in [1.29, 1.82) is 0 Å². The van der Waals surface area contributed by atoms with Crippen molar-refractivity contribution in [3.8, 4) is 0 Å². The average Bonchev–Trinajstić information content (AvgIpc) is 2.66. The number of rotatable bonds is 6. The van der Waals surface area contributed by atoms with Crippen molar-refractivity contribution < 1.29 is 4.79 Å². The molecule has 0 bridgehead atoms. The number of amides is 1. The van der Waals surface area contributed by atoms with Gasteiger partial charge in [-0.1, -0.05) is 19.1 Å². The molecule has 0 aliphatic carbocycles. The van der Waals surface area contributed by atoms with Crippen LogP contribution in [0.4, 0.5) is 0 Å². The predicted octanol–water partition coefficient (Wildman–Crippen LogP) is 1.93. The van der Waals surface area contributed by atoms with Crippen LogP contribution in [-0.4, -0.2) is 68.5 Å². The maximum atomic E-state index is 11.9. The van der Waals surface area contributed by atoms with E-state index in [0.29, 0.717) is 18.2 Å². The lowest BCUT2D eigenvalue weighted by Crippen LogP contribution is -2.48. The molecule has 6 heteroatoms. The van der Waals surface area contributed by atoms with Crippen LogP contribution in [0.15, 0.2) is 29.3 Å². The SMILES string of the molecule is CCCN1CCC(NC(=NC)NCc2ccc(C(=O)N(C)C)cc2)CC1. The van der Waals surface area contributed by atoms with Crippen molar-refractivity contribution in [2.75, 3.05) is 40.8 Å². The van der Waals surface area contributed by atoms with Gasteiger partial charge in [0, 0.05) is 52.4 Å². The van der Waals surface area contributed by atoms with E-state index in [0.717, 1.165) is 37.5 Å². The summed E-state index contributed by atoms with van der Waals surface area (Å²) in [7, 11) is 5.33. The van der Waals surface area contributed by atoms with E-state index in [9.17, 15) is 4.79 Å². The summed E-state index contributed by atoms with van der Waals surface area (Å²) in [4.78, 5) is 20.4. The van der Waals surface area contributed by atoms with E-state index in [2.05, 4.69) is 27.4 Å². The quantitative estimate of drug-likeness (QED) is 0.602. The number of nitrogens with zero attached hydrogens (tertiary/aromatic N) is 3. The summed E-state index contributed by atoms with van der Waals surface area (Å²) in [6, 6.07) is 8.20. The molecule has 2 rings (SSSR count). The van der Waals surface area contributed by atoms with E-state index < -0.39 is 0 Å². The minimum atomic E-state index is 0.0244. The second-order valence-electron chi connectivity index (χ2n) is 7.08. The minimum Gasteiger partial charge on any atom is -0.354 e. The Balaban J connectivity index is 1.79. The smallest absolute Gasteiger partial charge is 0.253 e. The van der Waals surface area contributed by atoms with Gasteiger partial charge in [0.2, 0.25) is 0 Å². The van der Waals surface area contributed by atoms with E-state index >= 15 is 0 Å². The van der Waals surface area contributed by atoms with Crippen molar-refractivity contribution in [3.63, 3.8) is 0 Å². The number of piperidine rings is 1. The van der Waals surface area contributed by atoms with Crippen molar-refractivity contribution in [2.45, 2.75) is 38.8 Å². The van der Waals surface area contributed by atoms with Crippen LogP contribution in [0.5, 0.6) is 0 Å². The Kier molecular flexibility index (Phi) is 7.91. The number of hydrogen-bond acceptors (Lipinski definition) is 3. The molecule has 1 heterocycles. The molecule has 1 aromatic carbocycles. The molecule has 1 aromatic rings. The Morgan fingerprint density at radius 3 is 2.42 bits per heavy atom. The summed E-state index contributed by atoms with van der Waals surface area (Å²) in [6.07, 6.45) is 3.53. The molecule has 1 fully saturated rings. The summed E-state index contributed by atoms with van der Waals surface area (Å²) in [5.41, 5.74) is 1.83. The molecule has 26 heavy (non-hydrogen) atoms. The number of hydrogen-bond donors (Lipinski definition) is 2. The highest BCUT2D eigenvalue weighted by atomic mass is 16.2. The summed E-state index contributed by atoms with van der Waals surface area (Å²) < 4.78 is 0. The van der Waals surface area contributed by atoms with Crippen molar-refractivity contribution in [2.24, 2.45) is 4.99 Å². The summed E-state index contributed by atoms with van der Waals surface area (Å²) in [5.74, 6) is 0.865. The lowest BCUT2D eigenvalue weighted by Gasteiger charge is -2.32. The number of guanidine groups is 1. The second kappa shape index (κ2) is 10.2. The lowest BCUT2D eigenvalue weighted by molar-refractivity contribution is 0.0827. The molecular weight excluding hydrogens is 326 g/mol. The van der Waals surface area contributed by atoms with Crippen LogP contribution in [0.1, 0.15) is 42.1 Å². The Hall–Kier alpha value is -2.08. The molecule has 0 atom stereocenters. The number of carbonyl (C=O) groups excluding carboxylic acids is 1. The third-order valence-corrected chi connectivity index (χ3v) is 4.76. The molecule has 1 amide bonds. The molecule has 0 unspecified atom stereocenters. The molecule has 6 nitrogen and oxygen atoms in total. The Morgan fingerprint density at radius 1 is 1.23 bits per heavy atom. The monoisotopic (exact) mass is 359 g/mol. The standard InChI is InChI=1S/C20H33N5O/c1-5-12-25-13-10-18(11-14-25)23-20(21-2)22-15-16-6-8-17(9-7-16)19(26)24(3)4/h6-9,18H,5,10-15H2,1-4H3,(H2,21,22,23). The third kappa shape index (κ3) is 6.02. The molecule has 0 radical (unpaired) electrons. The van der Waals surface area contributed by atoms with Crippen LogP contribution in [0.2, 0.25) is 0 Å². The fraction of sp³-hybridized carbons (Fsp3) is 0.600. The molecule has 0 spiro atoms. The normalized spacial score (nSPS) is 16.4. The Labute approximate surface area is 157 Å². The molecular formula is C20H33N5O. The Morgan fingerprint density at radius 2 is 1.88 bits per heavy atom. The van der Waals surface area contributed by atoms with Gasteiger partial charge in [-0.05, 0) is 43.5 Å². The highest BCUT2D eigenvalue weighted by Crippen LogP contribution is 2.11. The highest BCUT2D eigenvalue weighted by Gasteiger charge is 2.19. The van der Waals surface area contributed by atoms with E-state index in [4.69, 9.17) is 0 Å². The minimum absolute atomic E-state index is 0.0244. The molecule has 0 saturated carbocycles. The largest absolute Gasteiger partial charge is 0.354 e. The first-order valence-corrected chi connectivity index (χ1v) is 9.53. The van der Waals surface area contributed by atoms with Gasteiger partial charge in [0.25, 0.3) is 5.91 Å². The number of aliphatic imine (C=N–C) groups is 1. The van der Waals surface area contributed by atoms with Crippen molar-refractivity contribution >= 4 is 11.9 Å². The Bertz CT molecular complexity index is 589. The fourth-order valence-electron chi connectivity index (χ4n) is 3.21. The first-order valence-electron chi connectivity index (χ1n) is 9.53. The van der Waals surface area contributed by atoms with Gasteiger partial charge in [-0.25, -0.2) is 0 Å². The number of likely N-dealkylation sites (tertiary alicyclic amines) is 1. The van der Waals surface area contributed by atoms with Crippen LogP contribution in [0.3, 0.4) is 0 Å². The van der Waals surface area contributed by atoms with Crippen molar-refractivity contribution in [3.05, 3.63) is 35.4 Å². The van der Waals surface area contributed by atoms with Crippen LogP contribution in [-0.2, 0) is 6.54 Å². The third-order valence-electron chi connectivity index (χ3n) is 4.76. The molecule has 144 valence electrons. The zero-order valence-corrected chi connectivity index (χ0v) is 16.6. The zero-order chi connectivity index (χ0) is 18.9. The van der Waals surface area contributed by atoms with Gasteiger partial charge in [-0.2, -0.15) is 0 Å². The highest BCUT2D eigenvalue weighted by molar-refractivity contribution is 5.93. The molecule has 0 aromatic heterocycles. The maximum absolute atomic E-state index is 11.9. The van der Waals surface area contributed by atoms with Crippen LogP contribution >= 0.6 is 0 Å². The average molecular weight is 360 g/mol. The summed E-state index contributed by atoms with van der Waals surface area (Å²) in [6.45, 7) is 6.43. The van der Waals surface area contributed by atoms with E-state index in [1.807, 2.05) is 24.3 Å². The van der Waals surface area contributed by atoms with E-state index in [1.165, 1.54) is 13.0 Å². The van der Waals surface area contributed by atoms with Crippen molar-refractivity contribution in [1.82, 2.24) is 20.4 Å². The van der Waals surface area contributed by atoms with Gasteiger partial charge >= 0.3 is 0 Å². The van der Waals surface area contributed by atoms with Gasteiger partial charge in [0.05, 0.1) is 0 Å². The number of nitrogens with one attached hydrogen (secondary N) is 2. The van der Waals surface area contributed by atoms with E-state index in [-0.39, 0.29) is 5.91 Å². The predicted molar refractivity (Wildman–Crippen MR) is 108 cm³/mol. The van der Waals surface area contributed by atoms with Gasteiger partial charge < -0.3 is 20.4 Å². The summed E-state index contributed by atoms with van der Waals surface area (Å²) >= 11 is 0. The molecule has 2 N–H and O–H groups in total. The first-order chi connectivity index (χ1) is 12.5. The lowest BCUT2D eigenvalue weighted by atomic mass is 10.1. The maximum Gasteiger partial charge on any atom is 0.253 e. The van der Waals surface area contributed by atoms with Crippen LogP contribution < -0.4 is 10.6 Å². The van der Waals surface area contributed by atoms with Gasteiger partial charge in [0.15, 0.2) is 5.96 Å². The van der Waals surface area contributed by atoms with Crippen LogP contribution in [0.25, 0.3) is 0 Å². The first kappa shape index (κ1) is 20.2. The molecule has 1 saturated heterocycles. The van der Waals surface area contributed by atoms with Gasteiger partial charge in [0.1, 0.15) is 0 Å². The topological polar surface area (TPSA) is 60.0 Å². The van der Waals surface area contributed by atoms with Gasteiger partial charge in [-0.3, -0.25) is 9.79 Å². The van der Waals surface area contributed by atoms with E-state index in [1.54, 1.807) is 26.0 Å². The summed E-state index contributed by atoms with van der Waals surface area (Å²) in [5, 5.41) is 6.91. The fourth-order valence-corrected chi connectivity index (χ4v) is 3.21. The number of benzene rings is 1. The van der Waals surface area contributed by atoms with Gasteiger partial charge in [-0.15, -0.1) is 0 Å². The second-order valence-corrected chi connectivity index (χ2v) is 7.08. The number of carbonyl (C=O) groups is 1. The molecule has 1 aliphatic rings.